The number of hydrogen-bond donors (Lipinski definition) is 2. The molecule has 0 aliphatic heterocycles. The van der Waals surface area contributed by atoms with Crippen LogP contribution in [-0.4, -0.2) is 26.2 Å². The number of aromatic amines is 1. The molecule has 1 aromatic carbocycles. The zero-order chi connectivity index (χ0) is 11.7. The normalized spacial score (nSPS) is 10.6. The molecular weight excluding hydrogens is 222 g/mol. The summed E-state index contributed by atoms with van der Waals surface area (Å²) in [6, 6.07) is 5.35. The van der Waals surface area contributed by atoms with Gasteiger partial charge in [-0.1, -0.05) is 5.16 Å². The first kappa shape index (κ1) is 9.52. The fourth-order valence-corrected chi connectivity index (χ4v) is 1.47. The minimum atomic E-state index is -0.370. The van der Waals surface area contributed by atoms with Gasteiger partial charge in [0.1, 0.15) is 6.20 Å². The zero-order valence-electron chi connectivity index (χ0n) is 8.54. The van der Waals surface area contributed by atoms with E-state index < -0.39 is 0 Å². The van der Waals surface area contributed by atoms with Gasteiger partial charge in [0.25, 0.3) is 5.91 Å². The summed E-state index contributed by atoms with van der Waals surface area (Å²) >= 11 is 0. The second kappa shape index (κ2) is 3.71. The summed E-state index contributed by atoms with van der Waals surface area (Å²) < 4.78 is 4.35. The highest BCUT2D eigenvalue weighted by molar-refractivity contribution is 6.03. The lowest BCUT2D eigenvalue weighted by Crippen LogP contribution is -2.12. The number of nitrogens with zero attached hydrogens (tertiary/aromatic N) is 3. The van der Waals surface area contributed by atoms with Gasteiger partial charge in [0.2, 0.25) is 0 Å². The lowest BCUT2D eigenvalue weighted by molar-refractivity contribution is 0.101. The van der Waals surface area contributed by atoms with Crippen LogP contribution < -0.4 is 5.32 Å². The molecule has 3 rings (SSSR count). The number of benzene rings is 1. The number of rotatable bonds is 2. The molecule has 2 aromatic heterocycles. The van der Waals surface area contributed by atoms with Gasteiger partial charge in [0.15, 0.2) is 5.69 Å². The van der Waals surface area contributed by atoms with Gasteiger partial charge >= 0.3 is 0 Å². The maximum absolute atomic E-state index is 11.7. The molecule has 0 saturated carbocycles. The zero-order valence-corrected chi connectivity index (χ0v) is 8.54. The molecule has 0 aliphatic rings. The highest BCUT2D eigenvalue weighted by Crippen LogP contribution is 2.16. The van der Waals surface area contributed by atoms with Crippen molar-refractivity contribution in [2.24, 2.45) is 0 Å². The minimum Gasteiger partial charge on any atom is -0.345 e. The number of amides is 1. The van der Waals surface area contributed by atoms with Crippen LogP contribution in [0.2, 0.25) is 0 Å². The number of fused-ring (bicyclic) bond motifs is 1. The quantitative estimate of drug-likeness (QED) is 0.688. The number of carbonyl (C=O) groups excluding carboxylic acids is 1. The van der Waals surface area contributed by atoms with Crippen LogP contribution in [0.15, 0.2) is 35.4 Å². The van der Waals surface area contributed by atoms with E-state index in [1.807, 2.05) is 6.07 Å². The van der Waals surface area contributed by atoms with Crippen LogP contribution in [0.3, 0.4) is 0 Å². The molecular formula is C10H7N5O2. The summed E-state index contributed by atoms with van der Waals surface area (Å²) in [6.07, 6.45) is 2.85. The molecule has 0 radical (unpaired) electrons. The Hall–Kier alpha value is -2.70. The van der Waals surface area contributed by atoms with E-state index in [4.69, 9.17) is 0 Å². The Morgan fingerprint density at radius 3 is 3.18 bits per heavy atom. The molecule has 7 nitrogen and oxygen atoms in total. The van der Waals surface area contributed by atoms with Crippen LogP contribution >= 0.6 is 0 Å². The lowest BCUT2D eigenvalue weighted by Gasteiger charge is -2.01. The topological polar surface area (TPSA) is 96.7 Å². The largest absolute Gasteiger partial charge is 0.345 e. The van der Waals surface area contributed by atoms with E-state index in [0.717, 1.165) is 11.0 Å². The molecule has 0 fully saturated rings. The number of aromatic nitrogens is 4. The van der Waals surface area contributed by atoms with Crippen molar-refractivity contribution in [2.75, 3.05) is 5.32 Å². The standard InChI is InChI=1S/C10H7N5O2/c16-10(9-4-13-17-15-9)14-6-1-2-7-8(3-6)12-5-11-7/h1-5H,(H,11,12)(H,14,16). The molecule has 0 spiro atoms. The van der Waals surface area contributed by atoms with Crippen LogP contribution in [0.5, 0.6) is 0 Å². The maximum atomic E-state index is 11.7. The van der Waals surface area contributed by atoms with Crippen LogP contribution in [0.1, 0.15) is 10.5 Å². The Kier molecular flexibility index (Phi) is 2.08. The molecule has 3 aromatic rings. The molecule has 0 atom stereocenters. The van der Waals surface area contributed by atoms with E-state index in [0.29, 0.717) is 5.69 Å². The van der Waals surface area contributed by atoms with Gasteiger partial charge < -0.3 is 10.3 Å². The summed E-state index contributed by atoms with van der Waals surface area (Å²) in [7, 11) is 0. The Morgan fingerprint density at radius 2 is 2.35 bits per heavy atom. The molecule has 0 bridgehead atoms. The molecule has 7 heteroatoms. The molecule has 17 heavy (non-hydrogen) atoms. The fourth-order valence-electron chi connectivity index (χ4n) is 1.47. The van der Waals surface area contributed by atoms with Crippen LogP contribution in [0.25, 0.3) is 11.0 Å². The van der Waals surface area contributed by atoms with Gasteiger partial charge in [-0.25, -0.2) is 9.61 Å². The highest BCUT2D eigenvalue weighted by Gasteiger charge is 2.10. The van der Waals surface area contributed by atoms with Crippen LogP contribution in [0, 0.1) is 0 Å². The Morgan fingerprint density at radius 1 is 1.41 bits per heavy atom. The van der Waals surface area contributed by atoms with Gasteiger partial charge in [-0.15, -0.1) is 0 Å². The third-order valence-corrected chi connectivity index (χ3v) is 2.27. The van der Waals surface area contributed by atoms with Crippen molar-refractivity contribution in [1.29, 1.82) is 0 Å². The minimum absolute atomic E-state index is 0.134. The fraction of sp³-hybridized carbons (Fsp3) is 0. The number of anilines is 1. The van der Waals surface area contributed by atoms with Crippen molar-refractivity contribution in [3.05, 3.63) is 36.4 Å². The van der Waals surface area contributed by atoms with Crippen molar-refractivity contribution in [3.8, 4) is 0 Å². The summed E-state index contributed by atoms with van der Waals surface area (Å²) in [6.45, 7) is 0. The van der Waals surface area contributed by atoms with Crippen molar-refractivity contribution in [2.45, 2.75) is 0 Å². The van der Waals surface area contributed by atoms with E-state index in [-0.39, 0.29) is 11.6 Å². The van der Waals surface area contributed by atoms with E-state index in [9.17, 15) is 4.79 Å². The second-order valence-electron chi connectivity index (χ2n) is 3.38. The molecule has 0 unspecified atom stereocenters. The number of imidazole rings is 1. The lowest BCUT2D eigenvalue weighted by atomic mass is 10.2. The molecule has 0 saturated heterocycles. The monoisotopic (exact) mass is 229 g/mol. The first-order chi connectivity index (χ1) is 8.33. The van der Waals surface area contributed by atoms with E-state index >= 15 is 0 Å². The Labute approximate surface area is 94.8 Å². The summed E-state index contributed by atoms with van der Waals surface area (Å²) in [4.78, 5) is 18.7. The van der Waals surface area contributed by atoms with Crippen molar-refractivity contribution in [1.82, 2.24) is 20.3 Å². The van der Waals surface area contributed by atoms with E-state index in [2.05, 4.69) is 30.2 Å². The van der Waals surface area contributed by atoms with Gasteiger partial charge in [0, 0.05) is 5.69 Å². The van der Waals surface area contributed by atoms with Crippen molar-refractivity contribution < 1.29 is 9.42 Å². The van der Waals surface area contributed by atoms with Crippen molar-refractivity contribution >= 4 is 22.6 Å². The van der Waals surface area contributed by atoms with Crippen LogP contribution in [-0.2, 0) is 0 Å². The number of hydrogen-bond acceptors (Lipinski definition) is 5. The first-order valence-electron chi connectivity index (χ1n) is 4.85. The summed E-state index contributed by atoms with van der Waals surface area (Å²) in [5.41, 5.74) is 2.47. The second-order valence-corrected chi connectivity index (χ2v) is 3.38. The van der Waals surface area contributed by atoms with Crippen LogP contribution in [0.4, 0.5) is 5.69 Å². The average Bonchev–Trinajstić information content (AvgIpc) is 2.99. The number of nitrogens with one attached hydrogen (secondary N) is 2. The molecule has 0 aliphatic carbocycles. The maximum Gasteiger partial charge on any atom is 0.279 e. The number of H-pyrrole nitrogens is 1. The SMILES string of the molecule is O=C(Nc1ccc2nc[nH]c2c1)c1cnon1. The molecule has 2 heterocycles. The smallest absolute Gasteiger partial charge is 0.279 e. The molecule has 1 amide bonds. The van der Waals surface area contributed by atoms with E-state index in [1.165, 1.54) is 6.20 Å². The Bertz CT molecular complexity index is 658. The molecule has 84 valence electrons. The van der Waals surface area contributed by atoms with Gasteiger partial charge in [0.05, 0.1) is 17.4 Å². The van der Waals surface area contributed by atoms with Gasteiger partial charge in [-0.05, 0) is 23.4 Å². The Balaban J connectivity index is 1.87. The molecule has 2 N–H and O–H groups in total. The third-order valence-electron chi connectivity index (χ3n) is 2.27. The third kappa shape index (κ3) is 1.73. The van der Waals surface area contributed by atoms with E-state index in [1.54, 1.807) is 18.5 Å². The van der Waals surface area contributed by atoms with Crippen molar-refractivity contribution in [3.63, 3.8) is 0 Å². The summed E-state index contributed by atoms with van der Waals surface area (Å²) in [5.74, 6) is -0.370. The predicted octanol–water partition coefficient (Wildman–Crippen LogP) is 1.20. The van der Waals surface area contributed by atoms with Gasteiger partial charge in [-0.3, -0.25) is 4.79 Å². The highest BCUT2D eigenvalue weighted by atomic mass is 16.6. The van der Waals surface area contributed by atoms with Gasteiger partial charge in [-0.2, -0.15) is 0 Å². The summed E-state index contributed by atoms with van der Waals surface area (Å²) in [5, 5.41) is 9.49. The predicted molar refractivity (Wildman–Crippen MR) is 58.3 cm³/mol. The first-order valence-corrected chi connectivity index (χ1v) is 4.85. The average molecular weight is 229 g/mol. The number of carbonyl (C=O) groups is 1.